The maximum Gasteiger partial charge on any atom is 0.309 e. The zero-order valence-electron chi connectivity index (χ0n) is 11.4. The predicted molar refractivity (Wildman–Crippen MR) is 69.9 cm³/mol. The average molecular weight is 234 g/mol. The van der Waals surface area contributed by atoms with Crippen LogP contribution in [0.25, 0.3) is 0 Å². The van der Waals surface area contributed by atoms with E-state index in [-0.39, 0.29) is 11.9 Å². The Hall–Kier alpha value is -1.31. The number of hydrogen-bond acceptors (Lipinski definition) is 2. The zero-order valence-corrected chi connectivity index (χ0v) is 11.4. The summed E-state index contributed by atoms with van der Waals surface area (Å²) in [6.45, 7) is 9.65. The van der Waals surface area contributed by atoms with E-state index in [1.165, 1.54) is 11.1 Å². The predicted octanol–water partition coefficient (Wildman–Crippen LogP) is 3.52. The highest BCUT2D eigenvalue weighted by Gasteiger charge is 2.21. The molecule has 0 N–H and O–H groups in total. The Morgan fingerprint density at radius 2 is 2.00 bits per heavy atom. The molecule has 0 amide bonds. The van der Waals surface area contributed by atoms with Crippen molar-refractivity contribution in [2.24, 2.45) is 5.92 Å². The van der Waals surface area contributed by atoms with Gasteiger partial charge in [-0.25, -0.2) is 0 Å². The Balaban J connectivity index is 2.60. The molecule has 1 aromatic carbocycles. The molecule has 0 saturated heterocycles. The summed E-state index contributed by atoms with van der Waals surface area (Å²) in [4.78, 5) is 11.8. The second kappa shape index (κ2) is 5.35. The van der Waals surface area contributed by atoms with E-state index in [1.54, 1.807) is 0 Å². The molecular weight excluding hydrogens is 212 g/mol. The van der Waals surface area contributed by atoms with Crippen molar-refractivity contribution in [1.29, 1.82) is 0 Å². The summed E-state index contributed by atoms with van der Waals surface area (Å²) >= 11 is 0. The second-order valence-electron chi connectivity index (χ2n) is 5.63. The van der Waals surface area contributed by atoms with Crippen molar-refractivity contribution in [3.63, 3.8) is 0 Å². The number of carbonyl (C=O) groups is 1. The van der Waals surface area contributed by atoms with Crippen molar-refractivity contribution in [2.45, 2.75) is 46.6 Å². The smallest absolute Gasteiger partial charge is 0.309 e. The van der Waals surface area contributed by atoms with Gasteiger partial charge in [-0.3, -0.25) is 4.79 Å². The van der Waals surface area contributed by atoms with E-state index in [4.69, 9.17) is 4.74 Å². The van der Waals surface area contributed by atoms with Crippen LogP contribution >= 0.6 is 0 Å². The third-order valence-corrected chi connectivity index (χ3v) is 2.43. The first-order chi connectivity index (χ1) is 7.78. The standard InChI is InChI=1S/C15H22O2/c1-11-7-6-8-13(9-11)10-12(2)14(16)17-15(3,4)5/h6-9,12H,10H2,1-5H3. The molecule has 0 aliphatic heterocycles. The summed E-state index contributed by atoms with van der Waals surface area (Å²) in [5.41, 5.74) is 2.00. The summed E-state index contributed by atoms with van der Waals surface area (Å²) in [5.74, 6) is -0.227. The highest BCUT2D eigenvalue weighted by molar-refractivity contribution is 5.72. The average Bonchev–Trinajstić information content (AvgIpc) is 2.14. The van der Waals surface area contributed by atoms with Gasteiger partial charge in [-0.05, 0) is 39.7 Å². The molecule has 0 saturated carbocycles. The van der Waals surface area contributed by atoms with Gasteiger partial charge in [0, 0.05) is 0 Å². The number of hydrogen-bond donors (Lipinski definition) is 0. The second-order valence-corrected chi connectivity index (χ2v) is 5.63. The Morgan fingerprint density at radius 3 is 2.53 bits per heavy atom. The Kier molecular flexibility index (Phi) is 4.33. The van der Waals surface area contributed by atoms with Crippen molar-refractivity contribution in [3.05, 3.63) is 35.4 Å². The number of benzene rings is 1. The number of carbonyl (C=O) groups excluding carboxylic acids is 1. The normalized spacial score (nSPS) is 13.2. The largest absolute Gasteiger partial charge is 0.460 e. The summed E-state index contributed by atoms with van der Waals surface area (Å²) in [5, 5.41) is 0. The highest BCUT2D eigenvalue weighted by atomic mass is 16.6. The van der Waals surface area contributed by atoms with Crippen molar-refractivity contribution in [3.8, 4) is 0 Å². The van der Waals surface area contributed by atoms with E-state index in [9.17, 15) is 4.79 Å². The molecule has 1 unspecified atom stereocenters. The fraction of sp³-hybridized carbons (Fsp3) is 0.533. The van der Waals surface area contributed by atoms with Crippen molar-refractivity contribution < 1.29 is 9.53 Å². The van der Waals surface area contributed by atoms with Gasteiger partial charge in [0.05, 0.1) is 5.92 Å². The fourth-order valence-corrected chi connectivity index (χ4v) is 1.68. The van der Waals surface area contributed by atoms with Gasteiger partial charge in [-0.1, -0.05) is 36.8 Å². The van der Waals surface area contributed by atoms with Crippen LogP contribution in [-0.2, 0) is 16.0 Å². The molecule has 0 aromatic heterocycles. The maximum absolute atomic E-state index is 11.8. The molecule has 0 spiro atoms. The first-order valence-corrected chi connectivity index (χ1v) is 6.06. The SMILES string of the molecule is Cc1cccc(CC(C)C(=O)OC(C)(C)C)c1. The lowest BCUT2D eigenvalue weighted by atomic mass is 9.99. The molecule has 2 heteroatoms. The third-order valence-electron chi connectivity index (χ3n) is 2.43. The van der Waals surface area contributed by atoms with Crippen LogP contribution < -0.4 is 0 Å². The molecule has 1 rings (SSSR count). The number of aryl methyl sites for hydroxylation is 1. The zero-order chi connectivity index (χ0) is 13.1. The Labute approximate surface area is 104 Å². The Morgan fingerprint density at radius 1 is 1.35 bits per heavy atom. The molecule has 0 aliphatic carbocycles. The first kappa shape index (κ1) is 13.8. The van der Waals surface area contributed by atoms with Crippen LogP contribution in [0.15, 0.2) is 24.3 Å². The minimum Gasteiger partial charge on any atom is -0.460 e. The molecule has 1 aromatic rings. The third kappa shape index (κ3) is 5.03. The van der Waals surface area contributed by atoms with Crippen molar-refractivity contribution >= 4 is 5.97 Å². The fourth-order valence-electron chi connectivity index (χ4n) is 1.68. The van der Waals surface area contributed by atoms with Gasteiger partial charge in [0.15, 0.2) is 0 Å². The van der Waals surface area contributed by atoms with E-state index >= 15 is 0 Å². The van der Waals surface area contributed by atoms with Gasteiger partial charge in [-0.2, -0.15) is 0 Å². The molecule has 0 radical (unpaired) electrons. The van der Waals surface area contributed by atoms with Crippen LogP contribution in [0.4, 0.5) is 0 Å². The van der Waals surface area contributed by atoms with Crippen molar-refractivity contribution in [1.82, 2.24) is 0 Å². The molecule has 0 heterocycles. The van der Waals surface area contributed by atoms with E-state index in [0.717, 1.165) is 6.42 Å². The molecular formula is C15H22O2. The van der Waals surface area contributed by atoms with E-state index in [1.807, 2.05) is 39.8 Å². The van der Waals surface area contributed by atoms with Crippen LogP contribution in [0, 0.1) is 12.8 Å². The monoisotopic (exact) mass is 234 g/mol. The van der Waals surface area contributed by atoms with Crippen molar-refractivity contribution in [2.75, 3.05) is 0 Å². The topological polar surface area (TPSA) is 26.3 Å². The summed E-state index contributed by atoms with van der Waals surface area (Å²) in [6, 6.07) is 8.24. The van der Waals surface area contributed by atoms with E-state index in [0.29, 0.717) is 0 Å². The summed E-state index contributed by atoms with van der Waals surface area (Å²) in [7, 11) is 0. The minimum atomic E-state index is -0.405. The van der Waals surface area contributed by atoms with Gasteiger partial charge in [0.25, 0.3) is 0 Å². The molecule has 17 heavy (non-hydrogen) atoms. The number of rotatable bonds is 3. The maximum atomic E-state index is 11.8. The molecule has 0 aliphatic rings. The highest BCUT2D eigenvalue weighted by Crippen LogP contribution is 2.15. The summed E-state index contributed by atoms with van der Waals surface area (Å²) < 4.78 is 5.36. The number of esters is 1. The Bertz CT molecular complexity index is 388. The van der Waals surface area contributed by atoms with Gasteiger partial charge in [0.2, 0.25) is 0 Å². The van der Waals surface area contributed by atoms with Gasteiger partial charge in [0.1, 0.15) is 5.60 Å². The van der Waals surface area contributed by atoms with Crippen LogP contribution in [0.2, 0.25) is 0 Å². The summed E-state index contributed by atoms with van der Waals surface area (Å²) in [6.07, 6.45) is 0.733. The lowest BCUT2D eigenvalue weighted by Gasteiger charge is -2.22. The molecule has 0 fully saturated rings. The van der Waals surface area contributed by atoms with Crippen LogP contribution in [0.1, 0.15) is 38.8 Å². The molecule has 0 bridgehead atoms. The lowest BCUT2D eigenvalue weighted by Crippen LogP contribution is -2.28. The van der Waals surface area contributed by atoms with Gasteiger partial charge < -0.3 is 4.74 Å². The molecule has 2 nitrogen and oxygen atoms in total. The van der Waals surface area contributed by atoms with Crippen LogP contribution in [-0.4, -0.2) is 11.6 Å². The molecule has 94 valence electrons. The van der Waals surface area contributed by atoms with Crippen LogP contribution in [0.5, 0.6) is 0 Å². The van der Waals surface area contributed by atoms with E-state index < -0.39 is 5.60 Å². The quantitative estimate of drug-likeness (QED) is 0.748. The van der Waals surface area contributed by atoms with Gasteiger partial charge in [-0.15, -0.1) is 0 Å². The first-order valence-electron chi connectivity index (χ1n) is 6.06. The minimum absolute atomic E-state index is 0.101. The van der Waals surface area contributed by atoms with Gasteiger partial charge >= 0.3 is 5.97 Å². The lowest BCUT2D eigenvalue weighted by molar-refractivity contribution is -0.159. The van der Waals surface area contributed by atoms with Crippen LogP contribution in [0.3, 0.4) is 0 Å². The molecule has 1 atom stereocenters. The number of ether oxygens (including phenoxy) is 1. The van der Waals surface area contributed by atoms with E-state index in [2.05, 4.69) is 19.1 Å².